The molecule has 1 heterocycles. The molecule has 5 nitrogen and oxygen atoms in total. The first kappa shape index (κ1) is 14.2. The van der Waals surface area contributed by atoms with Gasteiger partial charge < -0.3 is 10.4 Å². The van der Waals surface area contributed by atoms with Crippen molar-refractivity contribution in [3.63, 3.8) is 0 Å². The van der Waals surface area contributed by atoms with Crippen molar-refractivity contribution in [2.45, 2.75) is 13.3 Å². The third-order valence-electron chi connectivity index (χ3n) is 2.72. The lowest BCUT2D eigenvalue weighted by Gasteiger charge is -2.04. The number of carbonyl (C=O) groups excluding carboxylic acids is 1. The summed E-state index contributed by atoms with van der Waals surface area (Å²) in [6.45, 7) is 2.29. The molecule has 0 aliphatic rings. The number of nitrogens with zero attached hydrogens (tertiary/aromatic N) is 1. The van der Waals surface area contributed by atoms with Crippen molar-refractivity contribution >= 4 is 23.2 Å². The number of hydrogen-bond donors (Lipinski definition) is 2. The van der Waals surface area contributed by atoms with Crippen molar-refractivity contribution in [1.82, 2.24) is 10.3 Å². The van der Waals surface area contributed by atoms with E-state index in [1.54, 1.807) is 23.6 Å². The van der Waals surface area contributed by atoms with Crippen LogP contribution in [0.15, 0.2) is 29.6 Å². The summed E-state index contributed by atoms with van der Waals surface area (Å²) in [6, 6.07) is 6.69. The fourth-order valence-electron chi connectivity index (χ4n) is 1.74. The molecule has 0 saturated carbocycles. The van der Waals surface area contributed by atoms with E-state index in [0.29, 0.717) is 18.7 Å². The van der Waals surface area contributed by atoms with Gasteiger partial charge >= 0.3 is 5.97 Å². The van der Waals surface area contributed by atoms with Crippen LogP contribution in [0, 0.1) is 6.92 Å². The number of nitrogens with one attached hydrogen (secondary N) is 1. The van der Waals surface area contributed by atoms with E-state index < -0.39 is 5.97 Å². The Hall–Kier alpha value is -2.21. The second-order valence-electron chi connectivity index (χ2n) is 4.26. The van der Waals surface area contributed by atoms with Gasteiger partial charge in [-0.2, -0.15) is 0 Å². The van der Waals surface area contributed by atoms with E-state index in [2.05, 4.69) is 10.3 Å². The zero-order chi connectivity index (χ0) is 14.5. The molecule has 0 fully saturated rings. The molecule has 0 bridgehead atoms. The lowest BCUT2D eigenvalue weighted by Crippen LogP contribution is -2.26. The van der Waals surface area contributed by atoms with Crippen molar-refractivity contribution in [1.29, 1.82) is 0 Å². The van der Waals surface area contributed by atoms with Crippen molar-refractivity contribution in [2.24, 2.45) is 0 Å². The summed E-state index contributed by atoms with van der Waals surface area (Å²) in [4.78, 5) is 26.7. The van der Waals surface area contributed by atoms with Crippen molar-refractivity contribution in [2.75, 3.05) is 6.54 Å². The first-order chi connectivity index (χ1) is 9.56. The highest BCUT2D eigenvalue weighted by Crippen LogP contribution is 2.08. The molecule has 2 N–H and O–H groups in total. The van der Waals surface area contributed by atoms with Crippen molar-refractivity contribution in [3.8, 4) is 0 Å². The molecular weight excluding hydrogens is 276 g/mol. The summed E-state index contributed by atoms with van der Waals surface area (Å²) in [5.41, 5.74) is 1.55. The molecule has 0 atom stereocenters. The maximum Gasteiger partial charge on any atom is 0.335 e. The highest BCUT2D eigenvalue weighted by Gasteiger charge is 2.08. The van der Waals surface area contributed by atoms with Gasteiger partial charge in [0.25, 0.3) is 5.91 Å². The molecule has 6 heteroatoms. The number of amides is 1. The molecule has 20 heavy (non-hydrogen) atoms. The summed E-state index contributed by atoms with van der Waals surface area (Å²) >= 11 is 1.43. The topological polar surface area (TPSA) is 79.3 Å². The van der Waals surface area contributed by atoms with Crippen LogP contribution in [-0.4, -0.2) is 28.5 Å². The molecule has 1 amide bonds. The van der Waals surface area contributed by atoms with E-state index >= 15 is 0 Å². The Kier molecular flexibility index (Phi) is 4.47. The normalized spacial score (nSPS) is 10.2. The molecule has 0 aliphatic heterocycles. The number of aromatic nitrogens is 1. The Labute approximate surface area is 120 Å². The highest BCUT2D eigenvalue weighted by atomic mass is 32.1. The van der Waals surface area contributed by atoms with Gasteiger partial charge in [0.05, 0.1) is 10.6 Å². The van der Waals surface area contributed by atoms with E-state index in [9.17, 15) is 9.59 Å². The van der Waals surface area contributed by atoms with Crippen LogP contribution in [0.3, 0.4) is 0 Å². The van der Waals surface area contributed by atoms with E-state index in [1.807, 2.05) is 13.0 Å². The molecule has 0 spiro atoms. The summed E-state index contributed by atoms with van der Waals surface area (Å²) < 4.78 is 0. The van der Waals surface area contributed by atoms with E-state index in [4.69, 9.17) is 5.11 Å². The number of aryl methyl sites for hydroxylation is 1. The van der Waals surface area contributed by atoms with Crippen LogP contribution in [-0.2, 0) is 6.42 Å². The predicted molar refractivity (Wildman–Crippen MR) is 76.3 cm³/mol. The number of aromatic carboxylic acids is 1. The number of carboxylic acid groups (broad SMARTS) is 1. The molecule has 104 valence electrons. The van der Waals surface area contributed by atoms with Crippen LogP contribution >= 0.6 is 11.3 Å². The summed E-state index contributed by atoms with van der Waals surface area (Å²) in [6.07, 6.45) is 0.579. The van der Waals surface area contributed by atoms with Crippen LogP contribution in [0.4, 0.5) is 0 Å². The standard InChI is InChI=1S/C14H14N2O3S/c1-9-16-12(8-20-9)13(17)15-6-5-10-3-2-4-11(7-10)14(18)19/h2-4,7-8H,5-6H2,1H3,(H,15,17)(H,18,19). The Bertz CT molecular complexity index is 637. The number of benzene rings is 1. The SMILES string of the molecule is Cc1nc(C(=O)NCCc2cccc(C(=O)O)c2)cs1. The number of rotatable bonds is 5. The average molecular weight is 290 g/mol. The molecular formula is C14H14N2O3S. The minimum Gasteiger partial charge on any atom is -0.478 e. The fourth-order valence-corrected chi connectivity index (χ4v) is 2.33. The zero-order valence-corrected chi connectivity index (χ0v) is 11.7. The summed E-state index contributed by atoms with van der Waals surface area (Å²) in [5, 5.41) is 14.2. The van der Waals surface area contributed by atoms with Crippen LogP contribution in [0.5, 0.6) is 0 Å². The van der Waals surface area contributed by atoms with Crippen LogP contribution < -0.4 is 5.32 Å². The molecule has 1 aromatic carbocycles. The molecule has 0 aliphatic carbocycles. The van der Waals surface area contributed by atoms with Gasteiger partial charge in [0, 0.05) is 11.9 Å². The van der Waals surface area contributed by atoms with Gasteiger partial charge in [-0.15, -0.1) is 11.3 Å². The van der Waals surface area contributed by atoms with Gasteiger partial charge in [0.2, 0.25) is 0 Å². The smallest absolute Gasteiger partial charge is 0.335 e. The molecule has 0 unspecified atom stereocenters. The summed E-state index contributed by atoms with van der Waals surface area (Å²) in [5.74, 6) is -1.16. The minimum absolute atomic E-state index is 0.205. The Morgan fingerprint density at radius 2 is 2.20 bits per heavy atom. The number of thiazole rings is 1. The quantitative estimate of drug-likeness (QED) is 0.884. The Morgan fingerprint density at radius 3 is 2.85 bits per heavy atom. The molecule has 1 aromatic heterocycles. The monoisotopic (exact) mass is 290 g/mol. The van der Waals surface area contributed by atoms with E-state index in [0.717, 1.165) is 10.6 Å². The highest BCUT2D eigenvalue weighted by molar-refractivity contribution is 7.09. The third-order valence-corrected chi connectivity index (χ3v) is 3.50. The summed E-state index contributed by atoms with van der Waals surface area (Å²) in [7, 11) is 0. The predicted octanol–water partition coefficient (Wildman–Crippen LogP) is 2.12. The van der Waals surface area contributed by atoms with Crippen molar-refractivity contribution in [3.05, 3.63) is 51.5 Å². The maximum absolute atomic E-state index is 11.8. The molecule has 2 aromatic rings. The lowest BCUT2D eigenvalue weighted by molar-refractivity contribution is 0.0696. The lowest BCUT2D eigenvalue weighted by atomic mass is 10.1. The van der Waals surface area contributed by atoms with E-state index in [1.165, 1.54) is 11.3 Å². The van der Waals surface area contributed by atoms with Crippen LogP contribution in [0.1, 0.15) is 31.4 Å². The van der Waals surface area contributed by atoms with Crippen molar-refractivity contribution < 1.29 is 14.7 Å². The van der Waals surface area contributed by atoms with Crippen LogP contribution in [0.2, 0.25) is 0 Å². The van der Waals surface area contributed by atoms with Gasteiger partial charge in [0.1, 0.15) is 5.69 Å². The van der Waals surface area contributed by atoms with Gasteiger partial charge in [0.15, 0.2) is 0 Å². The molecule has 0 radical (unpaired) electrons. The Balaban J connectivity index is 1.88. The van der Waals surface area contributed by atoms with Crippen LogP contribution in [0.25, 0.3) is 0 Å². The molecule has 0 saturated heterocycles. The fraction of sp³-hybridized carbons (Fsp3) is 0.214. The largest absolute Gasteiger partial charge is 0.478 e. The minimum atomic E-state index is -0.950. The maximum atomic E-state index is 11.8. The zero-order valence-electron chi connectivity index (χ0n) is 10.9. The third kappa shape index (κ3) is 3.64. The first-order valence-corrected chi connectivity index (χ1v) is 6.97. The second kappa shape index (κ2) is 6.29. The van der Waals surface area contributed by atoms with E-state index in [-0.39, 0.29) is 11.5 Å². The van der Waals surface area contributed by atoms with Gasteiger partial charge in [-0.05, 0) is 31.0 Å². The Morgan fingerprint density at radius 1 is 1.40 bits per heavy atom. The van der Waals surface area contributed by atoms with Gasteiger partial charge in [-0.1, -0.05) is 12.1 Å². The number of hydrogen-bond acceptors (Lipinski definition) is 4. The second-order valence-corrected chi connectivity index (χ2v) is 5.33. The number of carbonyl (C=O) groups is 2. The molecule has 2 rings (SSSR count). The number of carboxylic acids is 1. The first-order valence-electron chi connectivity index (χ1n) is 6.09. The average Bonchev–Trinajstić information content (AvgIpc) is 2.86. The van der Waals surface area contributed by atoms with Gasteiger partial charge in [-0.3, -0.25) is 4.79 Å². The van der Waals surface area contributed by atoms with Gasteiger partial charge in [-0.25, -0.2) is 9.78 Å².